The van der Waals surface area contributed by atoms with Gasteiger partial charge in [0.2, 0.25) is 5.91 Å². The third kappa shape index (κ3) is 2.92. The van der Waals surface area contributed by atoms with Crippen LogP contribution < -0.4 is 10.5 Å². The van der Waals surface area contributed by atoms with E-state index in [1.54, 1.807) is 19.4 Å². The zero-order valence-electron chi connectivity index (χ0n) is 14.1. The molecule has 0 bridgehead atoms. The lowest BCUT2D eigenvalue weighted by Crippen LogP contribution is -2.21. The Bertz CT molecular complexity index is 966. The number of carbonyl (C=O) groups is 1. The number of rotatable bonds is 4. The Morgan fingerprint density at radius 2 is 2.23 bits per heavy atom. The van der Waals surface area contributed by atoms with E-state index in [0.717, 1.165) is 15.8 Å². The third-order valence-electron chi connectivity index (χ3n) is 4.24. The Kier molecular flexibility index (Phi) is 4.54. The number of thiazole rings is 1. The highest BCUT2D eigenvalue weighted by atomic mass is 32.1. The van der Waals surface area contributed by atoms with E-state index in [0.29, 0.717) is 41.7 Å². The summed E-state index contributed by atoms with van der Waals surface area (Å²) < 4.78 is 17.8. The minimum Gasteiger partial charge on any atom is -0.494 e. The summed E-state index contributed by atoms with van der Waals surface area (Å²) in [6, 6.07) is 5.44. The fourth-order valence-corrected chi connectivity index (χ4v) is 4.15. The van der Waals surface area contributed by atoms with Crippen molar-refractivity contribution in [2.24, 2.45) is 5.73 Å². The van der Waals surface area contributed by atoms with E-state index in [2.05, 4.69) is 4.98 Å². The molecule has 1 aliphatic heterocycles. The lowest BCUT2D eigenvalue weighted by molar-refractivity contribution is -0.0895. The molecule has 1 saturated heterocycles. The summed E-state index contributed by atoms with van der Waals surface area (Å²) in [4.78, 5) is 20.6. The Labute approximate surface area is 153 Å². The van der Waals surface area contributed by atoms with E-state index in [9.17, 15) is 4.79 Å². The van der Waals surface area contributed by atoms with E-state index in [-0.39, 0.29) is 6.10 Å². The topological polar surface area (TPSA) is 96.6 Å². The molecule has 1 fully saturated rings. The van der Waals surface area contributed by atoms with Gasteiger partial charge in [-0.3, -0.25) is 9.78 Å². The minimum atomic E-state index is -0.516. The summed E-state index contributed by atoms with van der Waals surface area (Å²) in [5, 5.41) is 0.657. The number of pyridine rings is 1. The molecule has 2 N–H and O–H groups in total. The molecule has 1 aliphatic rings. The Morgan fingerprint density at radius 1 is 1.35 bits per heavy atom. The average molecular weight is 371 g/mol. The van der Waals surface area contributed by atoms with Gasteiger partial charge in [-0.2, -0.15) is 0 Å². The number of nitrogens with zero attached hydrogens (tertiary/aromatic N) is 2. The number of fused-ring (bicyclic) bond motifs is 1. The summed E-state index contributed by atoms with van der Waals surface area (Å²) >= 11 is 1.46. The maximum atomic E-state index is 11.8. The summed E-state index contributed by atoms with van der Waals surface area (Å²) in [6.07, 6.45) is 2.98. The fraction of sp³-hybridized carbons (Fsp3) is 0.278. The summed E-state index contributed by atoms with van der Waals surface area (Å²) in [5.41, 5.74) is 8.21. The van der Waals surface area contributed by atoms with Crippen molar-refractivity contribution in [2.45, 2.75) is 6.10 Å². The number of aromatic nitrogens is 2. The molecule has 0 spiro atoms. The lowest BCUT2D eigenvalue weighted by atomic mass is 10.1. The highest BCUT2D eigenvalue weighted by Gasteiger charge is 2.24. The highest BCUT2D eigenvalue weighted by molar-refractivity contribution is 7.22. The van der Waals surface area contributed by atoms with Gasteiger partial charge in [-0.1, -0.05) is 6.07 Å². The first-order valence-electron chi connectivity index (χ1n) is 8.10. The Balaban J connectivity index is 1.89. The van der Waals surface area contributed by atoms with Crippen molar-refractivity contribution >= 4 is 27.5 Å². The number of methoxy groups -OCH3 is 1. The maximum absolute atomic E-state index is 11.8. The van der Waals surface area contributed by atoms with Crippen molar-refractivity contribution in [1.29, 1.82) is 0 Å². The Morgan fingerprint density at radius 3 is 2.96 bits per heavy atom. The van der Waals surface area contributed by atoms with Gasteiger partial charge in [-0.05, 0) is 12.1 Å². The van der Waals surface area contributed by atoms with E-state index in [1.807, 2.05) is 12.1 Å². The number of hydrogen-bond donors (Lipinski definition) is 1. The van der Waals surface area contributed by atoms with Crippen molar-refractivity contribution in [3.05, 3.63) is 41.7 Å². The van der Waals surface area contributed by atoms with Crippen molar-refractivity contribution < 1.29 is 19.0 Å². The van der Waals surface area contributed by atoms with Crippen LogP contribution >= 0.6 is 11.3 Å². The van der Waals surface area contributed by atoms with Crippen LogP contribution in [0.1, 0.15) is 22.0 Å². The first-order chi connectivity index (χ1) is 12.7. The molecule has 0 radical (unpaired) electrons. The van der Waals surface area contributed by atoms with E-state index < -0.39 is 5.91 Å². The molecule has 4 rings (SSSR count). The molecule has 1 unspecified atom stereocenters. The molecule has 3 aromatic rings. The standard InChI is InChI=1S/C18H17N3O4S/c1-23-13-3-2-11(14-9-24-6-7-25-14)16-15(13)21-18(26-16)12-8-20-5-4-10(12)17(19)22/h2-5,8,14H,6-7,9H2,1H3,(H2,19,22). The van der Waals surface area contributed by atoms with E-state index in [1.165, 1.54) is 17.5 Å². The molecule has 26 heavy (non-hydrogen) atoms. The number of amides is 1. The molecule has 1 aromatic carbocycles. The van der Waals surface area contributed by atoms with Crippen LogP contribution in [0.15, 0.2) is 30.6 Å². The van der Waals surface area contributed by atoms with Crippen molar-refractivity contribution in [1.82, 2.24) is 9.97 Å². The van der Waals surface area contributed by atoms with Gasteiger partial charge in [0.15, 0.2) is 0 Å². The smallest absolute Gasteiger partial charge is 0.249 e. The van der Waals surface area contributed by atoms with Crippen LogP contribution in [0.4, 0.5) is 0 Å². The van der Waals surface area contributed by atoms with Crippen LogP contribution in [0.25, 0.3) is 20.8 Å². The second kappa shape index (κ2) is 6.99. The fourth-order valence-electron chi connectivity index (χ4n) is 2.98. The van der Waals surface area contributed by atoms with E-state index in [4.69, 9.17) is 24.9 Å². The molecule has 1 atom stereocenters. The predicted molar refractivity (Wildman–Crippen MR) is 97.4 cm³/mol. The van der Waals surface area contributed by atoms with Gasteiger partial charge in [0.1, 0.15) is 22.4 Å². The van der Waals surface area contributed by atoms with Gasteiger partial charge in [0.25, 0.3) is 0 Å². The maximum Gasteiger partial charge on any atom is 0.249 e. The molecule has 0 saturated carbocycles. The molecular weight excluding hydrogens is 354 g/mol. The van der Waals surface area contributed by atoms with Crippen LogP contribution in [-0.4, -0.2) is 42.8 Å². The molecule has 7 nitrogen and oxygen atoms in total. The van der Waals surface area contributed by atoms with Crippen LogP contribution in [0.5, 0.6) is 5.75 Å². The molecular formula is C18H17N3O4S. The molecule has 1 amide bonds. The summed E-state index contributed by atoms with van der Waals surface area (Å²) in [5.74, 6) is 0.144. The van der Waals surface area contributed by atoms with Crippen molar-refractivity contribution in [3.63, 3.8) is 0 Å². The number of hydrogen-bond acceptors (Lipinski definition) is 7. The van der Waals surface area contributed by atoms with Crippen LogP contribution in [0, 0.1) is 0 Å². The molecule has 3 heterocycles. The SMILES string of the molecule is COc1ccc(C2COCCO2)c2sc(-c3cnccc3C(N)=O)nc12. The van der Waals surface area contributed by atoms with Crippen LogP contribution in [0.3, 0.4) is 0 Å². The second-order valence-electron chi connectivity index (χ2n) is 5.77. The zero-order chi connectivity index (χ0) is 18.1. The molecule has 134 valence electrons. The zero-order valence-corrected chi connectivity index (χ0v) is 14.9. The number of ether oxygens (including phenoxy) is 3. The first kappa shape index (κ1) is 16.9. The molecule has 0 aliphatic carbocycles. The number of primary amides is 1. The average Bonchev–Trinajstić information content (AvgIpc) is 3.13. The quantitative estimate of drug-likeness (QED) is 0.757. The predicted octanol–water partition coefficient (Wildman–Crippen LogP) is 2.55. The van der Waals surface area contributed by atoms with Gasteiger partial charge in [0, 0.05) is 23.5 Å². The largest absolute Gasteiger partial charge is 0.494 e. The summed E-state index contributed by atoms with van der Waals surface area (Å²) in [6.45, 7) is 1.65. The Hall–Kier alpha value is -2.55. The molecule has 2 aromatic heterocycles. The van der Waals surface area contributed by atoms with E-state index >= 15 is 0 Å². The van der Waals surface area contributed by atoms with Crippen molar-refractivity contribution in [3.8, 4) is 16.3 Å². The van der Waals surface area contributed by atoms with Gasteiger partial charge in [-0.25, -0.2) is 4.98 Å². The van der Waals surface area contributed by atoms with Gasteiger partial charge >= 0.3 is 0 Å². The minimum absolute atomic E-state index is 0.157. The third-order valence-corrected chi connectivity index (χ3v) is 5.37. The number of benzene rings is 1. The number of carbonyl (C=O) groups excluding carboxylic acids is 1. The number of nitrogens with two attached hydrogens (primary N) is 1. The normalized spacial score (nSPS) is 17.3. The molecule has 8 heteroatoms. The van der Waals surface area contributed by atoms with Gasteiger partial charge in [0.05, 0.1) is 37.2 Å². The second-order valence-corrected chi connectivity index (χ2v) is 6.77. The van der Waals surface area contributed by atoms with Crippen LogP contribution in [-0.2, 0) is 9.47 Å². The lowest BCUT2D eigenvalue weighted by Gasteiger charge is -2.23. The first-order valence-corrected chi connectivity index (χ1v) is 8.91. The highest BCUT2D eigenvalue weighted by Crippen LogP contribution is 2.40. The van der Waals surface area contributed by atoms with Crippen molar-refractivity contribution in [2.75, 3.05) is 26.9 Å². The van der Waals surface area contributed by atoms with Crippen LogP contribution in [0.2, 0.25) is 0 Å². The monoisotopic (exact) mass is 371 g/mol. The summed E-state index contributed by atoms with van der Waals surface area (Å²) in [7, 11) is 1.60. The van der Waals surface area contributed by atoms with Gasteiger partial charge < -0.3 is 19.9 Å². The van der Waals surface area contributed by atoms with Gasteiger partial charge in [-0.15, -0.1) is 11.3 Å².